The third-order valence-corrected chi connectivity index (χ3v) is 4.07. The maximum atomic E-state index is 12.1. The monoisotopic (exact) mass is 285 g/mol. The van der Waals surface area contributed by atoms with Crippen LogP contribution in [0, 0.1) is 12.3 Å². The van der Waals surface area contributed by atoms with Gasteiger partial charge in [0.1, 0.15) is 0 Å². The average molecular weight is 286 g/mol. The van der Waals surface area contributed by atoms with E-state index in [9.17, 15) is 4.79 Å². The van der Waals surface area contributed by atoms with Gasteiger partial charge >= 0.3 is 0 Å². The lowest BCUT2D eigenvalue weighted by molar-refractivity contribution is 0.0944. The van der Waals surface area contributed by atoms with E-state index in [1.165, 1.54) is 0 Å². The zero-order valence-electron chi connectivity index (χ0n) is 10.4. The molecule has 1 amide bonds. The summed E-state index contributed by atoms with van der Waals surface area (Å²) in [6.45, 7) is 2.63. The van der Waals surface area contributed by atoms with Gasteiger partial charge in [-0.05, 0) is 49.3 Å². The lowest BCUT2D eigenvalue weighted by Crippen LogP contribution is -2.30. The van der Waals surface area contributed by atoms with Gasteiger partial charge in [0.25, 0.3) is 5.91 Å². The van der Waals surface area contributed by atoms with E-state index < -0.39 is 0 Å². The SMILES string of the molecule is Cc1ccc(Cl)cc1C(=O)NCC1(CCCl)CC1. The molecule has 4 heteroatoms. The Kier molecular flexibility index (Phi) is 4.18. The largest absolute Gasteiger partial charge is 0.351 e. The molecule has 0 aromatic heterocycles. The fourth-order valence-electron chi connectivity index (χ4n) is 2.09. The third-order valence-electron chi connectivity index (χ3n) is 3.65. The molecule has 1 N–H and O–H groups in total. The number of halogens is 2. The molecule has 2 rings (SSSR count). The molecule has 1 saturated carbocycles. The van der Waals surface area contributed by atoms with Crippen molar-refractivity contribution in [2.24, 2.45) is 5.41 Å². The zero-order chi connectivity index (χ0) is 13.2. The van der Waals surface area contributed by atoms with Crippen molar-refractivity contribution in [1.82, 2.24) is 5.32 Å². The summed E-state index contributed by atoms with van der Waals surface area (Å²) in [4.78, 5) is 12.1. The van der Waals surface area contributed by atoms with E-state index in [-0.39, 0.29) is 11.3 Å². The van der Waals surface area contributed by atoms with Crippen LogP contribution in [0.3, 0.4) is 0 Å². The highest BCUT2D eigenvalue weighted by molar-refractivity contribution is 6.31. The van der Waals surface area contributed by atoms with Crippen molar-refractivity contribution in [3.63, 3.8) is 0 Å². The molecule has 1 fully saturated rings. The molecule has 98 valence electrons. The molecule has 0 aliphatic heterocycles. The number of hydrogen-bond acceptors (Lipinski definition) is 1. The Hall–Kier alpha value is -0.730. The molecule has 1 aliphatic carbocycles. The number of carbonyl (C=O) groups is 1. The van der Waals surface area contributed by atoms with Crippen LogP contribution in [0.5, 0.6) is 0 Å². The molecule has 2 nitrogen and oxygen atoms in total. The molecule has 1 aliphatic rings. The molecule has 0 heterocycles. The Morgan fingerprint density at radius 1 is 1.44 bits per heavy atom. The maximum Gasteiger partial charge on any atom is 0.251 e. The second-order valence-corrected chi connectivity index (χ2v) is 5.90. The molecule has 0 spiro atoms. The molecule has 18 heavy (non-hydrogen) atoms. The molecule has 0 unspecified atom stereocenters. The lowest BCUT2D eigenvalue weighted by atomic mass is 10.0. The van der Waals surface area contributed by atoms with E-state index in [1.807, 2.05) is 13.0 Å². The molecule has 1 aromatic carbocycles. The molecular formula is C14H17Cl2NO. The maximum absolute atomic E-state index is 12.1. The van der Waals surface area contributed by atoms with Gasteiger partial charge < -0.3 is 5.32 Å². The summed E-state index contributed by atoms with van der Waals surface area (Å²) in [7, 11) is 0. The zero-order valence-corrected chi connectivity index (χ0v) is 11.9. The average Bonchev–Trinajstić information content (AvgIpc) is 3.10. The topological polar surface area (TPSA) is 29.1 Å². The van der Waals surface area contributed by atoms with Crippen LogP contribution < -0.4 is 5.32 Å². The minimum Gasteiger partial charge on any atom is -0.351 e. The molecule has 0 atom stereocenters. The van der Waals surface area contributed by atoms with Crippen LogP contribution in [0.2, 0.25) is 5.02 Å². The number of rotatable bonds is 5. The standard InChI is InChI=1S/C14H17Cl2NO/c1-10-2-3-11(16)8-12(10)13(18)17-9-14(4-5-14)6-7-15/h2-3,8H,4-7,9H2,1H3,(H,17,18). The second kappa shape index (κ2) is 5.50. The van der Waals surface area contributed by atoms with E-state index in [2.05, 4.69) is 5.32 Å². The number of benzene rings is 1. The van der Waals surface area contributed by atoms with Crippen LogP contribution in [0.4, 0.5) is 0 Å². The molecule has 0 radical (unpaired) electrons. The van der Waals surface area contributed by atoms with Crippen molar-refractivity contribution in [1.29, 1.82) is 0 Å². The van der Waals surface area contributed by atoms with E-state index in [0.717, 1.165) is 24.8 Å². The number of alkyl halides is 1. The van der Waals surface area contributed by atoms with Crippen LogP contribution in [-0.4, -0.2) is 18.3 Å². The summed E-state index contributed by atoms with van der Waals surface area (Å²) in [5.41, 5.74) is 1.85. The van der Waals surface area contributed by atoms with E-state index in [4.69, 9.17) is 23.2 Å². The Labute approximate surface area is 118 Å². The van der Waals surface area contributed by atoms with Gasteiger partial charge in [-0.3, -0.25) is 4.79 Å². The predicted octanol–water partition coefficient (Wildman–Crippen LogP) is 3.79. The van der Waals surface area contributed by atoms with Crippen LogP contribution in [0.15, 0.2) is 18.2 Å². The van der Waals surface area contributed by atoms with Crippen LogP contribution in [-0.2, 0) is 0 Å². The third kappa shape index (κ3) is 3.18. The van der Waals surface area contributed by atoms with Gasteiger partial charge in [-0.1, -0.05) is 17.7 Å². The van der Waals surface area contributed by atoms with Crippen molar-refractivity contribution >= 4 is 29.1 Å². The van der Waals surface area contributed by atoms with Gasteiger partial charge in [-0.2, -0.15) is 0 Å². The van der Waals surface area contributed by atoms with Gasteiger partial charge in [0.2, 0.25) is 0 Å². The second-order valence-electron chi connectivity index (χ2n) is 5.08. The smallest absolute Gasteiger partial charge is 0.251 e. The van der Waals surface area contributed by atoms with Crippen LogP contribution in [0.1, 0.15) is 35.2 Å². The van der Waals surface area contributed by atoms with Crippen LogP contribution in [0.25, 0.3) is 0 Å². The minimum atomic E-state index is -0.0455. The fourth-order valence-corrected chi connectivity index (χ4v) is 2.67. The van der Waals surface area contributed by atoms with Gasteiger partial charge in [-0.15, -0.1) is 11.6 Å². The Morgan fingerprint density at radius 3 is 2.78 bits per heavy atom. The van der Waals surface area contributed by atoms with Crippen molar-refractivity contribution < 1.29 is 4.79 Å². The summed E-state index contributed by atoms with van der Waals surface area (Å²) in [5, 5.41) is 3.59. The first kappa shape index (κ1) is 13.7. The Balaban J connectivity index is 1.98. The Morgan fingerprint density at radius 2 is 2.17 bits per heavy atom. The number of aryl methyl sites for hydroxylation is 1. The molecular weight excluding hydrogens is 269 g/mol. The van der Waals surface area contributed by atoms with E-state index >= 15 is 0 Å². The summed E-state index contributed by atoms with van der Waals surface area (Å²) < 4.78 is 0. The first-order chi connectivity index (χ1) is 8.56. The quantitative estimate of drug-likeness (QED) is 0.820. The van der Waals surface area contributed by atoms with Crippen molar-refractivity contribution in [2.45, 2.75) is 26.2 Å². The number of nitrogens with one attached hydrogen (secondary N) is 1. The highest BCUT2D eigenvalue weighted by atomic mass is 35.5. The van der Waals surface area contributed by atoms with Crippen molar-refractivity contribution in [3.05, 3.63) is 34.3 Å². The molecule has 0 saturated heterocycles. The number of hydrogen-bond donors (Lipinski definition) is 1. The number of amides is 1. The lowest BCUT2D eigenvalue weighted by Gasteiger charge is -2.15. The fraction of sp³-hybridized carbons (Fsp3) is 0.500. The van der Waals surface area contributed by atoms with Crippen molar-refractivity contribution in [3.8, 4) is 0 Å². The van der Waals surface area contributed by atoms with Gasteiger partial charge in [-0.25, -0.2) is 0 Å². The van der Waals surface area contributed by atoms with Crippen LogP contribution >= 0.6 is 23.2 Å². The normalized spacial score (nSPS) is 16.4. The number of carbonyl (C=O) groups excluding carboxylic acids is 1. The predicted molar refractivity (Wildman–Crippen MR) is 75.5 cm³/mol. The highest BCUT2D eigenvalue weighted by Gasteiger charge is 2.41. The molecule has 0 bridgehead atoms. The summed E-state index contributed by atoms with van der Waals surface area (Å²) in [6.07, 6.45) is 3.30. The van der Waals surface area contributed by atoms with E-state index in [0.29, 0.717) is 23.0 Å². The van der Waals surface area contributed by atoms with Gasteiger partial charge in [0, 0.05) is 23.0 Å². The summed E-state index contributed by atoms with van der Waals surface area (Å²) in [6, 6.07) is 5.37. The van der Waals surface area contributed by atoms with E-state index in [1.54, 1.807) is 12.1 Å². The summed E-state index contributed by atoms with van der Waals surface area (Å²) >= 11 is 11.7. The first-order valence-corrected chi connectivity index (χ1v) is 7.08. The van der Waals surface area contributed by atoms with Gasteiger partial charge in [0.15, 0.2) is 0 Å². The minimum absolute atomic E-state index is 0.0455. The first-order valence-electron chi connectivity index (χ1n) is 6.17. The van der Waals surface area contributed by atoms with Gasteiger partial charge in [0.05, 0.1) is 0 Å². The Bertz CT molecular complexity index is 455. The van der Waals surface area contributed by atoms with Crippen molar-refractivity contribution in [2.75, 3.05) is 12.4 Å². The summed E-state index contributed by atoms with van der Waals surface area (Å²) in [5.74, 6) is 0.613. The molecule has 1 aromatic rings. The highest BCUT2D eigenvalue weighted by Crippen LogP contribution is 2.48.